The topological polar surface area (TPSA) is 153 Å². The molecule has 49 heavy (non-hydrogen) atoms. The van der Waals surface area contributed by atoms with Gasteiger partial charge in [0.1, 0.15) is 11.9 Å². The number of hydrogen-bond acceptors (Lipinski definition) is 12. The molecule has 1 N–H and O–H groups in total. The van der Waals surface area contributed by atoms with Crippen LogP contribution in [0.3, 0.4) is 0 Å². The number of fused-ring (bicyclic) bond motifs is 1. The highest BCUT2D eigenvalue weighted by Gasteiger charge is 2.36. The van der Waals surface area contributed by atoms with Crippen LogP contribution in [-0.2, 0) is 14.4 Å². The number of carbonyl (C=O) groups excluding carboxylic acids is 4. The molecule has 2 aliphatic heterocycles. The summed E-state index contributed by atoms with van der Waals surface area (Å²) in [5.74, 6) is 1.87. The summed E-state index contributed by atoms with van der Waals surface area (Å²) >= 11 is 1.10. The molecular weight excluding hydrogens is 652 g/mol. The summed E-state index contributed by atoms with van der Waals surface area (Å²) in [4.78, 5) is 66.9. The van der Waals surface area contributed by atoms with Crippen molar-refractivity contribution in [1.82, 2.24) is 19.8 Å². The van der Waals surface area contributed by atoms with Crippen LogP contribution in [0, 0.1) is 5.92 Å². The molecule has 3 aromatic rings. The minimum absolute atomic E-state index is 0.0558. The number of piperazine rings is 1. The summed E-state index contributed by atoms with van der Waals surface area (Å²) in [5.41, 5.74) is 1.02. The zero-order valence-electron chi connectivity index (χ0n) is 28.6. The number of amides is 3. The molecule has 2 saturated heterocycles. The summed E-state index contributed by atoms with van der Waals surface area (Å²) in [5, 5.41) is 3.47. The van der Waals surface area contributed by atoms with Crippen molar-refractivity contribution in [3.8, 4) is 23.0 Å². The van der Waals surface area contributed by atoms with Gasteiger partial charge in [-0.1, -0.05) is 18.7 Å². The molecule has 1 aromatic heterocycles. The number of likely N-dealkylation sites (tertiary alicyclic amines) is 1. The molecule has 0 aliphatic carbocycles. The Balaban J connectivity index is 1.38. The van der Waals surface area contributed by atoms with E-state index in [9.17, 15) is 19.2 Å². The number of thioether (sulfide) groups is 1. The maximum atomic E-state index is 13.8. The standard InChI is InChI=1S/C34H42N6O8S/c1-20(19-49-21(2)41)32(43)40-11-7-8-25(40)31(42)36-30-23-17-28(47-5)29(48-6)18-24(23)35-34(37-30)39-14-12-38(13-15-39)33(44)22-9-10-26(45-3)27(16-22)46-4/h9-10,16-18,20,25H,7-8,11-15,19H2,1-6H3,(H,35,36,37,42)/t20?,25-/m0/s1. The van der Waals surface area contributed by atoms with Gasteiger partial charge in [0.25, 0.3) is 5.91 Å². The normalized spacial score (nSPS) is 16.7. The van der Waals surface area contributed by atoms with Crippen LogP contribution in [0.5, 0.6) is 23.0 Å². The smallest absolute Gasteiger partial charge is 0.254 e. The van der Waals surface area contributed by atoms with E-state index in [1.54, 1.807) is 54.2 Å². The van der Waals surface area contributed by atoms with Crippen molar-refractivity contribution in [2.45, 2.75) is 32.7 Å². The van der Waals surface area contributed by atoms with Crippen LogP contribution in [0.1, 0.15) is 37.0 Å². The van der Waals surface area contributed by atoms with Gasteiger partial charge >= 0.3 is 0 Å². The SMILES string of the molecule is COc1ccc(C(=O)N2CCN(c3nc(NC(=O)[C@@H]4CCCN4C(=O)C(C)CSC(C)=O)c4cc(OC)c(OC)cc4n3)CC2)cc1OC. The molecule has 2 aromatic carbocycles. The van der Waals surface area contributed by atoms with Gasteiger partial charge in [-0.2, -0.15) is 4.98 Å². The van der Waals surface area contributed by atoms with Crippen molar-refractivity contribution < 1.29 is 38.1 Å². The molecule has 3 amide bonds. The molecule has 2 fully saturated rings. The van der Waals surface area contributed by atoms with Gasteiger partial charge in [0.15, 0.2) is 28.1 Å². The van der Waals surface area contributed by atoms with Crippen molar-refractivity contribution in [2.75, 3.05) is 77.1 Å². The Hall–Kier alpha value is -4.79. The van der Waals surface area contributed by atoms with Crippen LogP contribution in [0.4, 0.5) is 11.8 Å². The highest BCUT2D eigenvalue weighted by molar-refractivity contribution is 8.13. The van der Waals surface area contributed by atoms with Crippen LogP contribution in [0.2, 0.25) is 0 Å². The zero-order valence-corrected chi connectivity index (χ0v) is 29.4. The number of aromatic nitrogens is 2. The van der Waals surface area contributed by atoms with E-state index in [0.29, 0.717) is 96.7 Å². The maximum Gasteiger partial charge on any atom is 0.254 e. The van der Waals surface area contributed by atoms with E-state index in [0.717, 1.165) is 11.8 Å². The fraction of sp³-hybridized carbons (Fsp3) is 0.471. The number of rotatable bonds is 11. The summed E-state index contributed by atoms with van der Waals surface area (Å²) in [6.45, 7) is 5.44. The second-order valence-corrected chi connectivity index (χ2v) is 13.0. The Labute approximate surface area is 289 Å². The molecule has 14 nitrogen and oxygen atoms in total. The first-order valence-electron chi connectivity index (χ1n) is 16.0. The van der Waals surface area contributed by atoms with Crippen molar-refractivity contribution in [2.24, 2.45) is 5.92 Å². The van der Waals surface area contributed by atoms with Crippen LogP contribution in [0.25, 0.3) is 10.9 Å². The van der Waals surface area contributed by atoms with E-state index in [1.807, 2.05) is 4.90 Å². The summed E-state index contributed by atoms with van der Waals surface area (Å²) in [6.07, 6.45) is 1.19. The van der Waals surface area contributed by atoms with Crippen molar-refractivity contribution in [1.29, 1.82) is 0 Å². The van der Waals surface area contributed by atoms with Crippen molar-refractivity contribution in [3.63, 3.8) is 0 Å². The summed E-state index contributed by atoms with van der Waals surface area (Å²) in [7, 11) is 6.12. The fourth-order valence-electron chi connectivity index (χ4n) is 6.04. The Morgan fingerprint density at radius 3 is 2.18 bits per heavy atom. The molecule has 5 rings (SSSR count). The van der Waals surface area contributed by atoms with Crippen molar-refractivity contribution in [3.05, 3.63) is 35.9 Å². The quantitative estimate of drug-likeness (QED) is 0.313. The lowest BCUT2D eigenvalue weighted by Gasteiger charge is -2.35. The highest BCUT2D eigenvalue weighted by atomic mass is 32.2. The molecule has 3 heterocycles. The van der Waals surface area contributed by atoms with E-state index in [-0.39, 0.29) is 28.7 Å². The van der Waals surface area contributed by atoms with Gasteiger partial charge in [-0.15, -0.1) is 0 Å². The van der Waals surface area contributed by atoms with Gasteiger partial charge in [-0.25, -0.2) is 4.98 Å². The fourth-order valence-corrected chi connectivity index (χ4v) is 6.67. The average molecular weight is 695 g/mol. The molecule has 15 heteroatoms. The third-order valence-electron chi connectivity index (χ3n) is 8.71. The number of ether oxygens (including phenoxy) is 4. The summed E-state index contributed by atoms with van der Waals surface area (Å²) < 4.78 is 21.7. The number of nitrogens with zero attached hydrogens (tertiary/aromatic N) is 5. The van der Waals surface area contributed by atoms with E-state index < -0.39 is 12.0 Å². The van der Waals surface area contributed by atoms with Crippen LogP contribution >= 0.6 is 11.8 Å². The molecule has 0 bridgehead atoms. The molecule has 0 radical (unpaired) electrons. The van der Waals surface area contributed by atoms with Gasteiger partial charge in [0.2, 0.25) is 17.8 Å². The van der Waals surface area contributed by atoms with Gasteiger partial charge in [0.05, 0.1) is 34.0 Å². The monoisotopic (exact) mass is 694 g/mol. The van der Waals surface area contributed by atoms with Gasteiger partial charge < -0.3 is 39.0 Å². The maximum absolute atomic E-state index is 13.8. The second-order valence-electron chi connectivity index (χ2n) is 11.8. The van der Waals surface area contributed by atoms with E-state index in [1.165, 1.54) is 28.3 Å². The predicted molar refractivity (Wildman–Crippen MR) is 186 cm³/mol. The number of nitrogens with one attached hydrogen (secondary N) is 1. The van der Waals surface area contributed by atoms with E-state index in [2.05, 4.69) is 5.32 Å². The number of methoxy groups -OCH3 is 4. The molecule has 2 aliphatic rings. The third kappa shape index (κ3) is 7.77. The molecule has 1 unspecified atom stereocenters. The Bertz CT molecular complexity index is 1730. The number of carbonyl (C=O) groups is 4. The van der Waals surface area contributed by atoms with Gasteiger partial charge in [-0.3, -0.25) is 19.2 Å². The van der Waals surface area contributed by atoms with Gasteiger partial charge in [-0.05, 0) is 37.1 Å². The Morgan fingerprint density at radius 2 is 1.53 bits per heavy atom. The van der Waals surface area contributed by atoms with Crippen LogP contribution in [-0.4, -0.2) is 116 Å². The lowest BCUT2D eigenvalue weighted by Crippen LogP contribution is -2.49. The molecule has 0 saturated carbocycles. The third-order valence-corrected chi connectivity index (χ3v) is 9.78. The number of benzene rings is 2. The molecule has 0 spiro atoms. The van der Waals surface area contributed by atoms with Crippen molar-refractivity contribution >= 4 is 57.3 Å². The van der Waals surface area contributed by atoms with Crippen LogP contribution < -0.4 is 29.2 Å². The Morgan fingerprint density at radius 1 is 0.878 bits per heavy atom. The molecular formula is C34H42N6O8S. The molecule has 2 atom stereocenters. The second kappa shape index (κ2) is 15.6. The number of anilines is 2. The van der Waals surface area contributed by atoms with E-state index >= 15 is 0 Å². The van der Waals surface area contributed by atoms with E-state index in [4.69, 9.17) is 28.9 Å². The zero-order chi connectivity index (χ0) is 35.2. The van der Waals surface area contributed by atoms with Gasteiger partial charge in [0, 0.05) is 68.3 Å². The first-order chi connectivity index (χ1) is 23.6. The first kappa shape index (κ1) is 35.5. The minimum atomic E-state index is -0.683. The lowest BCUT2D eigenvalue weighted by atomic mass is 10.1. The largest absolute Gasteiger partial charge is 0.493 e. The average Bonchev–Trinajstić information content (AvgIpc) is 3.62. The first-order valence-corrected chi connectivity index (χ1v) is 17.0. The number of hydrogen-bond donors (Lipinski definition) is 1. The minimum Gasteiger partial charge on any atom is -0.493 e. The highest BCUT2D eigenvalue weighted by Crippen LogP contribution is 2.36. The predicted octanol–water partition coefficient (Wildman–Crippen LogP) is 3.47. The Kier molecular flexibility index (Phi) is 11.3. The lowest BCUT2D eigenvalue weighted by molar-refractivity contribution is -0.139. The molecule has 262 valence electrons. The summed E-state index contributed by atoms with van der Waals surface area (Å²) in [6, 6.07) is 7.85. The van der Waals surface area contributed by atoms with Crippen LogP contribution in [0.15, 0.2) is 30.3 Å².